The van der Waals surface area contributed by atoms with Gasteiger partial charge in [0.2, 0.25) is 0 Å². The molecule has 0 saturated carbocycles. The number of halogens is 3. The van der Waals surface area contributed by atoms with Crippen LogP contribution in [0, 0.1) is 20.8 Å². The predicted octanol–water partition coefficient (Wildman–Crippen LogP) is 5.70. The van der Waals surface area contributed by atoms with Crippen molar-refractivity contribution >= 4 is 15.9 Å². The van der Waals surface area contributed by atoms with E-state index < -0.39 is 6.61 Å². The molecule has 0 bridgehead atoms. The summed E-state index contributed by atoms with van der Waals surface area (Å²) in [4.78, 5) is -0.0562. The van der Waals surface area contributed by atoms with Crippen LogP contribution in [-0.2, 0) is 0 Å². The highest BCUT2D eigenvalue weighted by molar-refractivity contribution is 9.09. The summed E-state index contributed by atoms with van der Waals surface area (Å²) in [6.07, 6.45) is 0. The minimum absolute atomic E-state index is 0.0562. The summed E-state index contributed by atoms with van der Waals surface area (Å²) in [7, 11) is 0. The van der Waals surface area contributed by atoms with Gasteiger partial charge in [-0.15, -0.1) is 0 Å². The summed E-state index contributed by atoms with van der Waals surface area (Å²) in [6.45, 7) is 3.37. The molecule has 112 valence electrons. The van der Waals surface area contributed by atoms with E-state index >= 15 is 0 Å². The minimum Gasteiger partial charge on any atom is -0.435 e. The molecular weight excluding hydrogens is 338 g/mol. The fourth-order valence-corrected chi connectivity index (χ4v) is 3.61. The van der Waals surface area contributed by atoms with Crippen molar-refractivity contribution in [1.29, 1.82) is 0 Å². The third-order valence-electron chi connectivity index (χ3n) is 3.37. The lowest BCUT2D eigenvalue weighted by molar-refractivity contribution is -0.0498. The molecule has 1 unspecified atom stereocenters. The third-order valence-corrected chi connectivity index (χ3v) is 4.35. The van der Waals surface area contributed by atoms with Gasteiger partial charge in [-0.25, -0.2) is 0 Å². The number of aryl methyl sites for hydroxylation is 3. The van der Waals surface area contributed by atoms with Gasteiger partial charge in [0.25, 0.3) is 0 Å². The lowest BCUT2D eigenvalue weighted by atomic mass is 9.94. The van der Waals surface area contributed by atoms with Gasteiger partial charge in [-0.1, -0.05) is 45.8 Å². The van der Waals surface area contributed by atoms with Gasteiger partial charge < -0.3 is 4.74 Å². The van der Waals surface area contributed by atoms with E-state index in [-0.39, 0.29) is 10.6 Å². The van der Waals surface area contributed by atoms with Crippen molar-refractivity contribution in [2.75, 3.05) is 0 Å². The van der Waals surface area contributed by atoms with Gasteiger partial charge in [-0.3, -0.25) is 0 Å². The largest absolute Gasteiger partial charge is 0.435 e. The third kappa shape index (κ3) is 3.82. The van der Waals surface area contributed by atoms with Gasteiger partial charge in [-0.2, -0.15) is 8.78 Å². The molecule has 0 aliphatic carbocycles. The maximum Gasteiger partial charge on any atom is 0.387 e. The molecule has 0 amide bonds. The zero-order valence-corrected chi connectivity index (χ0v) is 13.7. The van der Waals surface area contributed by atoms with Crippen LogP contribution in [0.3, 0.4) is 0 Å². The van der Waals surface area contributed by atoms with E-state index in [4.69, 9.17) is 0 Å². The van der Waals surface area contributed by atoms with Gasteiger partial charge in [0.05, 0.1) is 4.83 Å². The van der Waals surface area contributed by atoms with Crippen LogP contribution in [0.2, 0.25) is 0 Å². The molecule has 0 aromatic heterocycles. The molecule has 2 rings (SSSR count). The van der Waals surface area contributed by atoms with Crippen LogP contribution in [0.5, 0.6) is 5.75 Å². The van der Waals surface area contributed by atoms with Crippen molar-refractivity contribution in [3.63, 3.8) is 0 Å². The molecule has 1 nitrogen and oxygen atoms in total. The molecular formula is C17H17BrF2O. The Bertz CT molecular complexity index is 617. The zero-order valence-electron chi connectivity index (χ0n) is 12.2. The number of hydrogen-bond donors (Lipinski definition) is 0. The molecule has 0 aliphatic rings. The quantitative estimate of drug-likeness (QED) is 0.640. The second-order valence-corrected chi connectivity index (χ2v) is 6.04. The monoisotopic (exact) mass is 354 g/mol. The molecule has 0 radical (unpaired) electrons. The van der Waals surface area contributed by atoms with E-state index in [9.17, 15) is 8.78 Å². The Hall–Kier alpha value is -1.42. The Morgan fingerprint density at radius 2 is 1.62 bits per heavy atom. The van der Waals surface area contributed by atoms with E-state index in [2.05, 4.69) is 53.6 Å². The predicted molar refractivity (Wildman–Crippen MR) is 84.5 cm³/mol. The number of ether oxygens (including phenoxy) is 1. The Morgan fingerprint density at radius 1 is 1.00 bits per heavy atom. The fourth-order valence-electron chi connectivity index (χ4n) is 2.61. The van der Waals surface area contributed by atoms with Gasteiger partial charge in [0.15, 0.2) is 0 Å². The average Bonchev–Trinajstić information content (AvgIpc) is 2.36. The zero-order chi connectivity index (χ0) is 15.6. The first-order valence-corrected chi connectivity index (χ1v) is 7.56. The number of benzene rings is 2. The van der Waals surface area contributed by atoms with Crippen molar-refractivity contribution in [2.24, 2.45) is 0 Å². The fraction of sp³-hybridized carbons (Fsp3) is 0.294. The molecule has 0 heterocycles. The molecule has 0 fully saturated rings. The smallest absolute Gasteiger partial charge is 0.387 e. The van der Waals surface area contributed by atoms with Crippen LogP contribution in [0.15, 0.2) is 36.4 Å². The van der Waals surface area contributed by atoms with Crippen molar-refractivity contribution in [1.82, 2.24) is 0 Å². The first kappa shape index (κ1) is 16.0. The Kier molecular flexibility index (Phi) is 4.99. The van der Waals surface area contributed by atoms with E-state index in [0.29, 0.717) is 0 Å². The lowest BCUT2D eigenvalue weighted by Crippen LogP contribution is -2.04. The van der Waals surface area contributed by atoms with Crippen LogP contribution in [0.4, 0.5) is 8.78 Å². The second kappa shape index (κ2) is 6.56. The van der Waals surface area contributed by atoms with Gasteiger partial charge in [-0.05, 0) is 55.2 Å². The normalized spacial score (nSPS) is 12.5. The summed E-state index contributed by atoms with van der Waals surface area (Å²) >= 11 is 3.68. The van der Waals surface area contributed by atoms with Crippen LogP contribution in [0.1, 0.15) is 32.6 Å². The number of hydrogen-bond acceptors (Lipinski definition) is 1. The SMILES string of the molecule is Cc1cc(C)c(C(Br)c2cccc(OC(F)F)c2)c(C)c1. The molecule has 0 aliphatic heterocycles. The molecule has 0 saturated heterocycles. The molecule has 1 atom stereocenters. The molecule has 0 spiro atoms. The highest BCUT2D eigenvalue weighted by Crippen LogP contribution is 2.36. The lowest BCUT2D eigenvalue weighted by Gasteiger charge is -2.18. The van der Waals surface area contributed by atoms with Crippen molar-refractivity contribution in [2.45, 2.75) is 32.2 Å². The summed E-state index contributed by atoms with van der Waals surface area (Å²) in [5.41, 5.74) is 5.62. The average molecular weight is 355 g/mol. The van der Waals surface area contributed by atoms with Crippen LogP contribution in [0.25, 0.3) is 0 Å². The highest BCUT2D eigenvalue weighted by Gasteiger charge is 2.17. The first-order chi connectivity index (χ1) is 9.88. The standard InChI is InChI=1S/C17H17BrF2O/c1-10-7-11(2)15(12(3)8-10)16(18)13-5-4-6-14(9-13)21-17(19)20/h4-9,16-17H,1-3H3. The molecule has 4 heteroatoms. The summed E-state index contributed by atoms with van der Waals surface area (Å²) < 4.78 is 29.1. The molecule has 0 N–H and O–H groups in total. The molecule has 21 heavy (non-hydrogen) atoms. The molecule has 2 aromatic carbocycles. The van der Waals surface area contributed by atoms with E-state index in [0.717, 1.165) is 11.1 Å². The maximum atomic E-state index is 12.3. The maximum absolute atomic E-state index is 12.3. The summed E-state index contributed by atoms with van der Waals surface area (Å²) in [6, 6.07) is 11.0. The van der Waals surface area contributed by atoms with Crippen molar-refractivity contribution < 1.29 is 13.5 Å². The van der Waals surface area contributed by atoms with Crippen LogP contribution < -0.4 is 4.74 Å². The van der Waals surface area contributed by atoms with Gasteiger partial charge in [0.1, 0.15) is 5.75 Å². The number of alkyl halides is 3. The van der Waals surface area contributed by atoms with Gasteiger partial charge in [0, 0.05) is 0 Å². The number of rotatable bonds is 4. The summed E-state index contributed by atoms with van der Waals surface area (Å²) in [5.74, 6) is 0.175. The Morgan fingerprint density at radius 3 is 2.19 bits per heavy atom. The minimum atomic E-state index is -2.81. The first-order valence-electron chi connectivity index (χ1n) is 6.65. The molecule has 2 aromatic rings. The topological polar surface area (TPSA) is 9.23 Å². The van der Waals surface area contributed by atoms with E-state index in [1.54, 1.807) is 12.1 Å². The van der Waals surface area contributed by atoms with E-state index in [1.165, 1.54) is 22.8 Å². The van der Waals surface area contributed by atoms with Crippen LogP contribution in [-0.4, -0.2) is 6.61 Å². The van der Waals surface area contributed by atoms with Crippen LogP contribution >= 0.6 is 15.9 Å². The highest BCUT2D eigenvalue weighted by atomic mass is 79.9. The van der Waals surface area contributed by atoms with Crippen molar-refractivity contribution in [3.8, 4) is 5.75 Å². The van der Waals surface area contributed by atoms with Gasteiger partial charge >= 0.3 is 6.61 Å². The Labute approximate surface area is 132 Å². The van der Waals surface area contributed by atoms with E-state index in [1.807, 2.05) is 6.07 Å². The Balaban J connectivity index is 2.38. The second-order valence-electron chi connectivity index (χ2n) is 5.13. The van der Waals surface area contributed by atoms with Crippen molar-refractivity contribution in [3.05, 3.63) is 64.2 Å². The summed E-state index contributed by atoms with van der Waals surface area (Å²) in [5, 5.41) is 0.